The summed E-state index contributed by atoms with van der Waals surface area (Å²) in [7, 11) is 3.43. The van der Waals surface area contributed by atoms with Gasteiger partial charge in [0.15, 0.2) is 0 Å². The molecule has 8 fully saturated rings. The number of carbonyl (C=O) groups excluding carboxylic acids is 1. The van der Waals surface area contributed by atoms with Gasteiger partial charge < -0.3 is 29.2 Å². The van der Waals surface area contributed by atoms with Crippen molar-refractivity contribution in [3.05, 3.63) is 64.9 Å². The van der Waals surface area contributed by atoms with Gasteiger partial charge >= 0.3 is 5.97 Å². The van der Waals surface area contributed by atoms with Gasteiger partial charge in [0, 0.05) is 84.0 Å². The first kappa shape index (κ1) is 30.2. The van der Waals surface area contributed by atoms with Gasteiger partial charge in [-0.1, -0.05) is 30.3 Å². The number of esters is 1. The molecule has 3 unspecified atom stereocenters. The van der Waals surface area contributed by atoms with E-state index in [2.05, 4.69) is 62.5 Å². The molecule has 0 amide bonds. The lowest BCUT2D eigenvalue weighted by Crippen LogP contribution is -2.76. The number of fused-ring (bicyclic) bond motifs is 4. The maximum absolute atomic E-state index is 14.0. The van der Waals surface area contributed by atoms with E-state index < -0.39 is 0 Å². The number of piperidine rings is 3. The molecule has 2 aliphatic carbocycles. The number of methoxy groups -OCH3 is 2. The summed E-state index contributed by atoms with van der Waals surface area (Å²) in [5, 5.41) is 3.82. The summed E-state index contributed by atoms with van der Waals surface area (Å²) in [5.41, 5.74) is 7.13. The van der Waals surface area contributed by atoms with Crippen molar-refractivity contribution in [3.63, 3.8) is 0 Å². The monoisotopic (exact) mass is 702 g/mol. The van der Waals surface area contributed by atoms with Crippen molar-refractivity contribution >= 4 is 17.3 Å². The standard InChI is InChI=1S/C43H50N4O5/c1-49-30-9-5-7-28-32(30)47-24-39(20-25-21-40-13-18-51-31(40)10-15-45-16-12-43(28,34(25)47)36(40)45)23-46-17-11-42-27-6-3-4-8-29(27)44-33(42)26(35(48)50-2)22-41(37(42)46)14-19-52-38(39)41/h3-9,25,31,34,36-38,44H,10-24H2,1-2H3/t25?,31?,34-,36-,37-,38-,39+,40+,41-,42-,43?/m0/s1. The van der Waals surface area contributed by atoms with Crippen molar-refractivity contribution in [1.82, 2.24) is 9.80 Å². The molecule has 0 aromatic heterocycles. The molecule has 1 saturated carbocycles. The summed E-state index contributed by atoms with van der Waals surface area (Å²) in [4.78, 5) is 22.7. The fourth-order valence-corrected chi connectivity index (χ4v) is 16.8. The Bertz CT molecular complexity index is 2000. The molecule has 9 heterocycles. The SMILES string of the molecule is COC(=O)C1=C2Nc3ccccc3[C@@]23CCN2C[C@@]4(CC5C[C@]67CCOC6CCN6CCC8(c9cccc(OC)c9N(C4)[C@@H]58)[C@@H]67)[C@@H]4OCC[C@]4(C1)[C@H]23. The summed E-state index contributed by atoms with van der Waals surface area (Å²) in [6, 6.07) is 17.1. The zero-order valence-electron chi connectivity index (χ0n) is 30.5. The van der Waals surface area contributed by atoms with Crippen LogP contribution in [0.2, 0.25) is 0 Å². The Labute approximate surface area is 305 Å². The van der Waals surface area contributed by atoms with Crippen LogP contribution < -0.4 is 15.0 Å². The number of nitrogens with one attached hydrogen (secondary N) is 1. The minimum Gasteiger partial charge on any atom is -0.495 e. The molecule has 5 spiro atoms. The van der Waals surface area contributed by atoms with Gasteiger partial charge in [-0.25, -0.2) is 4.79 Å². The number of ether oxygens (including phenoxy) is 4. The van der Waals surface area contributed by atoms with Crippen LogP contribution in [0, 0.1) is 22.2 Å². The van der Waals surface area contributed by atoms with Gasteiger partial charge in [-0.15, -0.1) is 0 Å². The van der Waals surface area contributed by atoms with E-state index in [9.17, 15) is 4.79 Å². The number of hydrogen-bond donors (Lipinski definition) is 1. The number of rotatable bonds is 2. The Morgan fingerprint density at radius 2 is 1.71 bits per heavy atom. The third kappa shape index (κ3) is 3.05. The van der Waals surface area contributed by atoms with Crippen LogP contribution in [-0.4, -0.2) is 106 Å². The molecule has 272 valence electrons. The molecule has 52 heavy (non-hydrogen) atoms. The number of anilines is 2. The summed E-state index contributed by atoms with van der Waals surface area (Å²) in [5.74, 6) is 1.38. The van der Waals surface area contributed by atoms with Crippen LogP contribution in [0.1, 0.15) is 62.5 Å². The smallest absolute Gasteiger partial charge is 0.335 e. The highest BCUT2D eigenvalue weighted by Gasteiger charge is 2.79. The van der Waals surface area contributed by atoms with Crippen molar-refractivity contribution in [3.8, 4) is 5.75 Å². The van der Waals surface area contributed by atoms with Crippen LogP contribution in [0.15, 0.2) is 53.7 Å². The maximum Gasteiger partial charge on any atom is 0.335 e. The third-order valence-electron chi connectivity index (χ3n) is 17.5. The van der Waals surface area contributed by atoms with Gasteiger partial charge in [-0.3, -0.25) is 9.80 Å². The molecule has 9 heteroatoms. The zero-order valence-corrected chi connectivity index (χ0v) is 30.5. The average Bonchev–Trinajstić information content (AvgIpc) is 4.02. The van der Waals surface area contributed by atoms with Gasteiger partial charge in [0.1, 0.15) is 5.75 Å². The van der Waals surface area contributed by atoms with Crippen LogP contribution in [0.4, 0.5) is 11.4 Å². The second kappa shape index (κ2) is 9.57. The van der Waals surface area contributed by atoms with Crippen molar-refractivity contribution < 1.29 is 23.7 Å². The minimum absolute atomic E-state index is 0.0538. The lowest BCUT2D eigenvalue weighted by molar-refractivity contribution is -0.174. The summed E-state index contributed by atoms with van der Waals surface area (Å²) in [6.45, 7) is 7.04. The fourth-order valence-electron chi connectivity index (χ4n) is 16.8. The Kier molecular flexibility index (Phi) is 5.57. The molecule has 7 saturated heterocycles. The molecule has 13 rings (SSSR count). The number of hydrogen-bond acceptors (Lipinski definition) is 9. The molecular formula is C43H50N4O5. The van der Waals surface area contributed by atoms with Crippen LogP contribution in [0.25, 0.3) is 0 Å². The molecule has 11 aliphatic rings. The number of carbonyl (C=O) groups is 1. The van der Waals surface area contributed by atoms with E-state index in [1.807, 2.05) is 7.11 Å². The van der Waals surface area contributed by atoms with Crippen LogP contribution in [-0.2, 0) is 29.8 Å². The Morgan fingerprint density at radius 3 is 2.62 bits per heavy atom. The third-order valence-corrected chi connectivity index (χ3v) is 17.5. The molecule has 9 nitrogen and oxygen atoms in total. The highest BCUT2D eigenvalue weighted by atomic mass is 16.5. The Hall–Kier alpha value is -3.11. The molecule has 1 N–H and O–H groups in total. The maximum atomic E-state index is 14.0. The normalized spacial score (nSPS) is 46.8. The van der Waals surface area contributed by atoms with E-state index >= 15 is 0 Å². The first-order valence-electron chi connectivity index (χ1n) is 20.3. The van der Waals surface area contributed by atoms with Crippen LogP contribution in [0.5, 0.6) is 5.75 Å². The fraction of sp³-hybridized carbons (Fsp3) is 0.651. The number of para-hydroxylation sites is 2. The van der Waals surface area contributed by atoms with E-state index in [1.54, 1.807) is 12.7 Å². The molecular weight excluding hydrogens is 652 g/mol. The van der Waals surface area contributed by atoms with Gasteiger partial charge in [0.2, 0.25) is 0 Å². The second-order valence-corrected chi connectivity index (χ2v) is 18.8. The van der Waals surface area contributed by atoms with Gasteiger partial charge in [0.05, 0.1) is 43.1 Å². The molecule has 0 bridgehead atoms. The van der Waals surface area contributed by atoms with E-state index in [4.69, 9.17) is 18.9 Å². The Balaban J connectivity index is 1.01. The lowest BCUT2D eigenvalue weighted by Gasteiger charge is -2.68. The average molecular weight is 703 g/mol. The van der Waals surface area contributed by atoms with Crippen molar-refractivity contribution in [1.29, 1.82) is 0 Å². The van der Waals surface area contributed by atoms with Crippen LogP contribution >= 0.6 is 0 Å². The van der Waals surface area contributed by atoms with Gasteiger partial charge in [-0.2, -0.15) is 0 Å². The van der Waals surface area contributed by atoms with Crippen molar-refractivity contribution in [2.24, 2.45) is 22.2 Å². The van der Waals surface area contributed by atoms with E-state index in [-0.39, 0.29) is 45.2 Å². The van der Waals surface area contributed by atoms with E-state index in [0.29, 0.717) is 30.5 Å². The number of nitrogens with zero attached hydrogens (tertiary/aromatic N) is 3. The second-order valence-electron chi connectivity index (χ2n) is 18.8. The van der Waals surface area contributed by atoms with E-state index in [0.717, 1.165) is 81.4 Å². The molecule has 2 aromatic rings. The van der Waals surface area contributed by atoms with Crippen molar-refractivity contribution in [2.45, 2.75) is 92.5 Å². The zero-order chi connectivity index (χ0) is 34.4. The molecule has 9 aliphatic heterocycles. The Morgan fingerprint density at radius 1 is 0.865 bits per heavy atom. The predicted molar refractivity (Wildman–Crippen MR) is 195 cm³/mol. The highest BCUT2D eigenvalue weighted by molar-refractivity contribution is 5.93. The predicted octanol–water partition coefficient (Wildman–Crippen LogP) is 4.84. The first-order chi connectivity index (χ1) is 25.4. The molecule has 2 aromatic carbocycles. The summed E-state index contributed by atoms with van der Waals surface area (Å²) in [6.07, 6.45) is 9.09. The van der Waals surface area contributed by atoms with Gasteiger partial charge in [0.25, 0.3) is 0 Å². The largest absolute Gasteiger partial charge is 0.495 e. The van der Waals surface area contributed by atoms with E-state index in [1.165, 1.54) is 43.5 Å². The number of benzene rings is 2. The molecule has 0 radical (unpaired) electrons. The molecule has 11 atom stereocenters. The lowest BCUT2D eigenvalue weighted by atomic mass is 9.44. The highest BCUT2D eigenvalue weighted by Crippen LogP contribution is 2.75. The van der Waals surface area contributed by atoms with Crippen molar-refractivity contribution in [2.75, 3.05) is 70.4 Å². The van der Waals surface area contributed by atoms with Gasteiger partial charge in [-0.05, 0) is 93.6 Å². The quantitative estimate of drug-likeness (QED) is 0.443. The topological polar surface area (TPSA) is 75.7 Å². The summed E-state index contributed by atoms with van der Waals surface area (Å²) < 4.78 is 26.0. The van der Waals surface area contributed by atoms with Crippen LogP contribution in [0.3, 0.4) is 0 Å². The minimum atomic E-state index is -0.252. The summed E-state index contributed by atoms with van der Waals surface area (Å²) >= 11 is 0. The first-order valence-corrected chi connectivity index (χ1v) is 20.3.